The highest BCUT2D eigenvalue weighted by atomic mass is 19.3. The van der Waals surface area contributed by atoms with Gasteiger partial charge in [0.1, 0.15) is 5.75 Å². The number of hydrogen-bond donors (Lipinski definition) is 1. The number of alkyl halides is 2. The first-order valence-electron chi connectivity index (χ1n) is 4.47. The Balaban J connectivity index is 2.61. The number of ether oxygens (including phenoxy) is 1. The molecular weight excluding hydrogens is 202 g/mol. The zero-order chi connectivity index (χ0) is 11.0. The minimum absolute atomic E-state index is 0.235. The molecule has 0 saturated carbocycles. The summed E-state index contributed by atoms with van der Waals surface area (Å²) >= 11 is 0. The zero-order valence-corrected chi connectivity index (χ0v) is 8.34. The van der Waals surface area contributed by atoms with Crippen LogP contribution >= 0.6 is 0 Å². The maximum atomic E-state index is 12.2. The minimum Gasteiger partial charge on any atom is -0.434 e. The highest BCUT2D eigenvalue weighted by molar-refractivity contribution is 5.85. The molecule has 3 nitrogen and oxygen atoms in total. The van der Waals surface area contributed by atoms with Crippen molar-refractivity contribution in [3.8, 4) is 5.75 Å². The van der Waals surface area contributed by atoms with Crippen LogP contribution < -0.4 is 4.74 Å². The zero-order valence-electron chi connectivity index (χ0n) is 8.34. The van der Waals surface area contributed by atoms with Gasteiger partial charge in [0.15, 0.2) is 0 Å². The number of aromatic amines is 1. The minimum atomic E-state index is -2.80. The molecule has 0 bridgehead atoms. The van der Waals surface area contributed by atoms with Gasteiger partial charge in [0.05, 0.1) is 11.7 Å². The lowest BCUT2D eigenvalue weighted by atomic mass is 10.1. The van der Waals surface area contributed by atoms with Gasteiger partial charge in [0.2, 0.25) is 0 Å². The predicted octanol–water partition coefficient (Wildman–Crippen LogP) is 2.78. The van der Waals surface area contributed by atoms with Gasteiger partial charge in [0, 0.05) is 10.9 Å². The Kier molecular flexibility index (Phi) is 2.30. The van der Waals surface area contributed by atoms with Crippen molar-refractivity contribution < 1.29 is 13.5 Å². The van der Waals surface area contributed by atoms with E-state index >= 15 is 0 Å². The molecule has 1 aromatic carbocycles. The Hall–Kier alpha value is -1.65. The van der Waals surface area contributed by atoms with Crippen molar-refractivity contribution in [2.45, 2.75) is 20.5 Å². The Morgan fingerprint density at radius 2 is 2.13 bits per heavy atom. The fraction of sp³-hybridized carbons (Fsp3) is 0.300. The number of benzene rings is 1. The van der Waals surface area contributed by atoms with Crippen LogP contribution in [0, 0.1) is 13.8 Å². The van der Waals surface area contributed by atoms with Gasteiger partial charge in [-0.1, -0.05) is 0 Å². The molecule has 0 atom stereocenters. The van der Waals surface area contributed by atoms with Gasteiger partial charge in [-0.05, 0) is 25.5 Å². The van der Waals surface area contributed by atoms with Gasteiger partial charge in [0.25, 0.3) is 0 Å². The molecule has 1 N–H and O–H groups in total. The van der Waals surface area contributed by atoms with Crippen molar-refractivity contribution >= 4 is 10.9 Å². The number of nitrogens with zero attached hydrogens (tertiary/aromatic N) is 1. The molecule has 0 fully saturated rings. The molecule has 0 saturated heterocycles. The van der Waals surface area contributed by atoms with Crippen LogP contribution in [0.2, 0.25) is 0 Å². The van der Waals surface area contributed by atoms with Gasteiger partial charge in [-0.2, -0.15) is 13.9 Å². The number of aryl methyl sites for hydroxylation is 2. The number of rotatable bonds is 2. The van der Waals surface area contributed by atoms with Gasteiger partial charge in [-0.15, -0.1) is 0 Å². The van der Waals surface area contributed by atoms with Crippen molar-refractivity contribution in [3.05, 3.63) is 23.4 Å². The summed E-state index contributed by atoms with van der Waals surface area (Å²) < 4.78 is 28.8. The van der Waals surface area contributed by atoms with Crippen molar-refractivity contribution in [2.24, 2.45) is 0 Å². The average molecular weight is 212 g/mol. The van der Waals surface area contributed by atoms with E-state index in [9.17, 15) is 8.78 Å². The fourth-order valence-electron chi connectivity index (χ4n) is 1.68. The van der Waals surface area contributed by atoms with Crippen LogP contribution in [0.15, 0.2) is 12.3 Å². The van der Waals surface area contributed by atoms with Crippen LogP contribution in [0.1, 0.15) is 11.1 Å². The second-order valence-electron chi connectivity index (χ2n) is 3.36. The smallest absolute Gasteiger partial charge is 0.387 e. The maximum Gasteiger partial charge on any atom is 0.387 e. The van der Waals surface area contributed by atoms with E-state index in [1.807, 2.05) is 0 Å². The van der Waals surface area contributed by atoms with Crippen LogP contribution in [0.5, 0.6) is 5.75 Å². The van der Waals surface area contributed by atoms with Crippen LogP contribution in [-0.2, 0) is 0 Å². The summed E-state index contributed by atoms with van der Waals surface area (Å²) in [6.45, 7) is 0.667. The van der Waals surface area contributed by atoms with Gasteiger partial charge in [-0.25, -0.2) is 0 Å². The lowest BCUT2D eigenvalue weighted by molar-refractivity contribution is -0.0506. The quantitative estimate of drug-likeness (QED) is 0.831. The van der Waals surface area contributed by atoms with E-state index in [0.29, 0.717) is 11.1 Å². The maximum absolute atomic E-state index is 12.2. The molecule has 1 aromatic heterocycles. The summed E-state index contributed by atoms with van der Waals surface area (Å²) in [7, 11) is 0. The first-order chi connectivity index (χ1) is 7.09. The lowest BCUT2D eigenvalue weighted by Gasteiger charge is -2.11. The summed E-state index contributed by atoms with van der Waals surface area (Å²) in [5, 5.41) is 7.45. The highest BCUT2D eigenvalue weighted by Gasteiger charge is 2.13. The monoisotopic (exact) mass is 212 g/mol. The molecule has 80 valence electrons. The molecule has 0 aliphatic heterocycles. The third kappa shape index (κ3) is 1.65. The number of aromatic nitrogens is 2. The molecule has 0 aliphatic carbocycles. The molecule has 1 heterocycles. The number of fused-ring (bicyclic) bond motifs is 1. The van der Waals surface area contributed by atoms with E-state index in [-0.39, 0.29) is 5.75 Å². The highest BCUT2D eigenvalue weighted by Crippen LogP contribution is 2.30. The summed E-state index contributed by atoms with van der Waals surface area (Å²) in [5.41, 5.74) is 2.18. The Bertz CT molecular complexity index is 493. The van der Waals surface area contributed by atoms with Crippen molar-refractivity contribution in [2.75, 3.05) is 0 Å². The SMILES string of the molecule is Cc1cc2[nH]ncc2c(C)c1OC(F)F. The van der Waals surface area contributed by atoms with Crippen LogP contribution in [0.25, 0.3) is 10.9 Å². The van der Waals surface area contributed by atoms with Crippen LogP contribution in [0.4, 0.5) is 8.78 Å². The number of H-pyrrole nitrogens is 1. The van der Waals surface area contributed by atoms with Crippen molar-refractivity contribution in [1.29, 1.82) is 0 Å². The van der Waals surface area contributed by atoms with E-state index in [4.69, 9.17) is 0 Å². The third-order valence-electron chi connectivity index (χ3n) is 2.34. The van der Waals surface area contributed by atoms with Gasteiger partial charge >= 0.3 is 6.61 Å². The lowest BCUT2D eigenvalue weighted by Crippen LogP contribution is -2.05. The second-order valence-corrected chi connectivity index (χ2v) is 3.36. The van der Waals surface area contributed by atoms with Gasteiger partial charge < -0.3 is 4.74 Å². The van der Waals surface area contributed by atoms with E-state index in [1.54, 1.807) is 26.1 Å². The summed E-state index contributed by atoms with van der Waals surface area (Å²) in [6.07, 6.45) is 1.60. The normalized spacial score (nSPS) is 11.3. The molecule has 0 radical (unpaired) electrons. The average Bonchev–Trinajstić information content (AvgIpc) is 2.59. The summed E-state index contributed by atoms with van der Waals surface area (Å²) in [6, 6.07) is 1.74. The van der Waals surface area contributed by atoms with E-state index in [1.165, 1.54) is 0 Å². The Morgan fingerprint density at radius 1 is 1.40 bits per heavy atom. The molecular formula is C10H10F2N2O. The van der Waals surface area contributed by atoms with Crippen LogP contribution in [-0.4, -0.2) is 16.8 Å². The molecule has 0 unspecified atom stereocenters. The Morgan fingerprint density at radius 3 is 2.80 bits per heavy atom. The first-order valence-corrected chi connectivity index (χ1v) is 4.47. The van der Waals surface area contributed by atoms with E-state index in [2.05, 4.69) is 14.9 Å². The molecule has 2 aromatic rings. The number of halogens is 2. The Labute approximate surface area is 85.0 Å². The second kappa shape index (κ2) is 3.49. The molecule has 0 spiro atoms. The third-order valence-corrected chi connectivity index (χ3v) is 2.34. The molecule has 5 heteroatoms. The number of hydrogen-bond acceptors (Lipinski definition) is 2. The first kappa shape index (κ1) is 9.89. The topological polar surface area (TPSA) is 37.9 Å². The molecule has 0 amide bonds. The summed E-state index contributed by atoms with van der Waals surface area (Å²) in [4.78, 5) is 0. The molecule has 0 aliphatic rings. The fourth-order valence-corrected chi connectivity index (χ4v) is 1.68. The predicted molar refractivity (Wildman–Crippen MR) is 52.2 cm³/mol. The van der Waals surface area contributed by atoms with Crippen molar-refractivity contribution in [1.82, 2.24) is 10.2 Å². The number of nitrogens with one attached hydrogen (secondary N) is 1. The largest absolute Gasteiger partial charge is 0.434 e. The van der Waals surface area contributed by atoms with Crippen LogP contribution in [0.3, 0.4) is 0 Å². The summed E-state index contributed by atoms with van der Waals surface area (Å²) in [5.74, 6) is 0.235. The molecule has 2 rings (SSSR count). The van der Waals surface area contributed by atoms with Gasteiger partial charge in [-0.3, -0.25) is 5.10 Å². The van der Waals surface area contributed by atoms with E-state index < -0.39 is 6.61 Å². The van der Waals surface area contributed by atoms with E-state index in [0.717, 1.165) is 10.9 Å². The standard InChI is InChI=1S/C10H10F2N2O/c1-5-3-8-7(4-13-14-8)6(2)9(5)15-10(11)12/h3-4,10H,1-2H3,(H,13,14). The molecule has 15 heavy (non-hydrogen) atoms. The van der Waals surface area contributed by atoms with Crippen molar-refractivity contribution in [3.63, 3.8) is 0 Å².